The van der Waals surface area contributed by atoms with Gasteiger partial charge in [-0.15, -0.1) is 0 Å². The predicted octanol–water partition coefficient (Wildman–Crippen LogP) is 4.07. The maximum absolute atomic E-state index is 5.73. The molecule has 114 valence electrons. The second-order valence-electron chi connectivity index (χ2n) is 5.34. The van der Waals surface area contributed by atoms with Crippen LogP contribution in [0.25, 0.3) is 0 Å². The summed E-state index contributed by atoms with van der Waals surface area (Å²) in [5, 5.41) is 3.51. The van der Waals surface area contributed by atoms with Gasteiger partial charge in [0.15, 0.2) is 0 Å². The second-order valence-corrected chi connectivity index (χ2v) is 5.34. The van der Waals surface area contributed by atoms with Gasteiger partial charge in [0.1, 0.15) is 5.75 Å². The summed E-state index contributed by atoms with van der Waals surface area (Å²) in [6.07, 6.45) is 1.37. The summed E-state index contributed by atoms with van der Waals surface area (Å²) in [4.78, 5) is 0. The molecule has 1 unspecified atom stereocenters. The molecular formula is C17H29NO2. The van der Waals surface area contributed by atoms with Gasteiger partial charge in [0.05, 0.1) is 19.3 Å². The molecule has 0 radical (unpaired) electrons. The van der Waals surface area contributed by atoms with Gasteiger partial charge < -0.3 is 14.8 Å². The number of hydrogen-bond donors (Lipinski definition) is 1. The number of nitrogens with one attached hydrogen (secondary N) is 1. The van der Waals surface area contributed by atoms with Crippen LogP contribution in [-0.2, 0) is 11.3 Å². The van der Waals surface area contributed by atoms with Crippen molar-refractivity contribution in [2.24, 2.45) is 0 Å². The van der Waals surface area contributed by atoms with E-state index < -0.39 is 0 Å². The highest BCUT2D eigenvalue weighted by Gasteiger charge is 2.10. The minimum absolute atomic E-state index is 0.226. The first kappa shape index (κ1) is 17.0. The van der Waals surface area contributed by atoms with Crippen molar-refractivity contribution in [3.8, 4) is 5.75 Å². The van der Waals surface area contributed by atoms with Crippen LogP contribution in [-0.4, -0.2) is 19.3 Å². The monoisotopic (exact) mass is 279 g/mol. The van der Waals surface area contributed by atoms with E-state index in [1.54, 1.807) is 0 Å². The van der Waals surface area contributed by atoms with Crippen LogP contribution in [0.1, 0.15) is 58.2 Å². The number of hydrogen-bond acceptors (Lipinski definition) is 3. The van der Waals surface area contributed by atoms with Gasteiger partial charge in [-0.2, -0.15) is 0 Å². The van der Waals surface area contributed by atoms with Crippen molar-refractivity contribution in [1.29, 1.82) is 0 Å². The molecule has 0 aliphatic rings. The van der Waals surface area contributed by atoms with E-state index in [1.807, 2.05) is 6.92 Å². The lowest BCUT2D eigenvalue weighted by atomic mass is 10.0. The fraction of sp³-hybridized carbons (Fsp3) is 0.647. The Morgan fingerprint density at radius 3 is 2.50 bits per heavy atom. The highest BCUT2D eigenvalue weighted by molar-refractivity contribution is 5.38. The minimum atomic E-state index is 0.226. The first-order valence-electron chi connectivity index (χ1n) is 7.69. The van der Waals surface area contributed by atoms with Crippen molar-refractivity contribution >= 4 is 0 Å². The molecule has 0 bridgehead atoms. The van der Waals surface area contributed by atoms with Crippen molar-refractivity contribution in [2.75, 3.05) is 13.2 Å². The normalized spacial score (nSPS) is 12.7. The summed E-state index contributed by atoms with van der Waals surface area (Å²) < 4.78 is 11.4. The summed E-state index contributed by atoms with van der Waals surface area (Å²) >= 11 is 0. The van der Waals surface area contributed by atoms with Crippen molar-refractivity contribution in [3.05, 3.63) is 29.3 Å². The fourth-order valence-electron chi connectivity index (χ4n) is 2.01. The average Bonchev–Trinajstić information content (AvgIpc) is 2.43. The molecule has 0 saturated heterocycles. The number of ether oxygens (including phenoxy) is 2. The van der Waals surface area contributed by atoms with Gasteiger partial charge in [0, 0.05) is 11.6 Å². The topological polar surface area (TPSA) is 30.5 Å². The molecule has 0 aliphatic carbocycles. The molecule has 1 rings (SSSR count). The van der Waals surface area contributed by atoms with Crippen molar-refractivity contribution < 1.29 is 9.47 Å². The molecule has 1 atom stereocenters. The van der Waals surface area contributed by atoms with Gasteiger partial charge >= 0.3 is 0 Å². The van der Waals surface area contributed by atoms with E-state index in [0.717, 1.165) is 24.3 Å². The van der Waals surface area contributed by atoms with Crippen LogP contribution in [0.15, 0.2) is 18.2 Å². The molecule has 1 aromatic carbocycles. The first-order chi connectivity index (χ1) is 9.58. The maximum atomic E-state index is 5.73. The zero-order valence-corrected chi connectivity index (χ0v) is 13.5. The van der Waals surface area contributed by atoms with Crippen molar-refractivity contribution in [2.45, 2.75) is 59.8 Å². The predicted molar refractivity (Wildman–Crippen MR) is 84.2 cm³/mol. The molecule has 1 N–H and O–H groups in total. The molecule has 3 nitrogen and oxygen atoms in total. The van der Waals surface area contributed by atoms with Crippen LogP contribution in [0.2, 0.25) is 0 Å². The summed E-state index contributed by atoms with van der Waals surface area (Å²) in [7, 11) is 0. The van der Waals surface area contributed by atoms with Crippen molar-refractivity contribution in [3.63, 3.8) is 0 Å². The average molecular weight is 279 g/mol. The molecular weight excluding hydrogens is 250 g/mol. The lowest BCUT2D eigenvalue weighted by Gasteiger charge is -2.18. The van der Waals surface area contributed by atoms with Crippen LogP contribution >= 0.6 is 0 Å². The SMILES string of the molecule is CCCNC(C)c1ccc(OCC)c(COC(C)C)c1. The van der Waals surface area contributed by atoms with Gasteiger partial charge in [-0.05, 0) is 58.4 Å². The van der Waals surface area contributed by atoms with Crippen molar-refractivity contribution in [1.82, 2.24) is 5.32 Å². The molecule has 3 heteroatoms. The summed E-state index contributed by atoms with van der Waals surface area (Å²) in [6.45, 7) is 12.8. The zero-order valence-electron chi connectivity index (χ0n) is 13.5. The van der Waals surface area contributed by atoms with E-state index >= 15 is 0 Å². The van der Waals surface area contributed by atoms with Gasteiger partial charge in [0.2, 0.25) is 0 Å². The number of rotatable bonds is 9. The van der Waals surface area contributed by atoms with Gasteiger partial charge in [-0.1, -0.05) is 13.0 Å². The molecule has 0 fully saturated rings. The second kappa shape index (κ2) is 8.98. The highest BCUT2D eigenvalue weighted by Crippen LogP contribution is 2.25. The van der Waals surface area contributed by atoms with Crippen LogP contribution in [0.4, 0.5) is 0 Å². The van der Waals surface area contributed by atoms with E-state index in [-0.39, 0.29) is 6.10 Å². The minimum Gasteiger partial charge on any atom is -0.494 e. The van der Waals surface area contributed by atoms with Crippen LogP contribution < -0.4 is 10.1 Å². The van der Waals surface area contributed by atoms with E-state index in [2.05, 4.69) is 51.2 Å². The standard InChI is InChI=1S/C17H29NO2/c1-6-10-18-14(5)15-8-9-17(19-7-2)16(11-15)12-20-13(3)4/h8-9,11,13-14,18H,6-7,10,12H2,1-5H3. The molecule has 0 aliphatic heterocycles. The third-order valence-corrected chi connectivity index (χ3v) is 3.16. The highest BCUT2D eigenvalue weighted by atomic mass is 16.5. The molecule has 0 heterocycles. The Labute approximate surface area is 123 Å². The molecule has 0 amide bonds. The summed E-state index contributed by atoms with van der Waals surface area (Å²) in [5.74, 6) is 0.930. The van der Waals surface area contributed by atoms with Gasteiger partial charge in [-0.25, -0.2) is 0 Å². The van der Waals surface area contributed by atoms with Gasteiger partial charge in [-0.3, -0.25) is 0 Å². The lowest BCUT2D eigenvalue weighted by Crippen LogP contribution is -2.19. The van der Waals surface area contributed by atoms with Crippen LogP contribution in [0.5, 0.6) is 5.75 Å². The van der Waals surface area contributed by atoms with Crippen LogP contribution in [0, 0.1) is 0 Å². The third-order valence-electron chi connectivity index (χ3n) is 3.16. The largest absolute Gasteiger partial charge is 0.494 e. The van der Waals surface area contributed by atoms with Crippen LogP contribution in [0.3, 0.4) is 0 Å². The fourth-order valence-corrected chi connectivity index (χ4v) is 2.01. The van der Waals surface area contributed by atoms with E-state index in [9.17, 15) is 0 Å². The summed E-state index contributed by atoms with van der Waals surface area (Å²) in [6, 6.07) is 6.74. The maximum Gasteiger partial charge on any atom is 0.124 e. The quantitative estimate of drug-likeness (QED) is 0.739. The first-order valence-corrected chi connectivity index (χ1v) is 7.69. The van der Waals surface area contributed by atoms with E-state index in [4.69, 9.17) is 9.47 Å². The lowest BCUT2D eigenvalue weighted by molar-refractivity contribution is 0.0641. The Morgan fingerprint density at radius 2 is 1.90 bits per heavy atom. The number of benzene rings is 1. The molecule has 1 aromatic rings. The molecule has 0 aromatic heterocycles. The van der Waals surface area contributed by atoms with E-state index in [0.29, 0.717) is 19.3 Å². The van der Waals surface area contributed by atoms with E-state index in [1.165, 1.54) is 5.56 Å². The molecule has 20 heavy (non-hydrogen) atoms. The summed E-state index contributed by atoms with van der Waals surface area (Å²) in [5.41, 5.74) is 2.41. The Hall–Kier alpha value is -1.06. The Balaban J connectivity index is 2.85. The van der Waals surface area contributed by atoms with Gasteiger partial charge in [0.25, 0.3) is 0 Å². The Kier molecular flexibility index (Phi) is 7.63. The molecule has 0 spiro atoms. The Bertz CT molecular complexity index is 391. The Morgan fingerprint density at radius 1 is 1.15 bits per heavy atom. The zero-order chi connectivity index (χ0) is 15.0. The smallest absolute Gasteiger partial charge is 0.124 e. The third kappa shape index (κ3) is 5.51. The molecule has 0 saturated carbocycles.